The minimum Gasteiger partial charge on any atom is -0.488 e. The van der Waals surface area contributed by atoms with Crippen molar-refractivity contribution in [2.75, 3.05) is 13.2 Å². The summed E-state index contributed by atoms with van der Waals surface area (Å²) < 4.78 is 6.97. The standard InChI is InChI=1S/C12H19NO3/c1-2-3-10-16-11-6-4-7-13(12(11)15)8-5-9-14/h4,6-7,14H,2-3,5,8-10H2,1H3. The number of nitrogens with zero attached hydrogens (tertiary/aromatic N) is 1. The topological polar surface area (TPSA) is 51.5 Å². The molecule has 16 heavy (non-hydrogen) atoms. The molecular formula is C12H19NO3. The van der Waals surface area contributed by atoms with E-state index in [0.717, 1.165) is 12.8 Å². The molecule has 4 heteroatoms. The van der Waals surface area contributed by atoms with Crippen molar-refractivity contribution in [2.24, 2.45) is 0 Å². The molecule has 0 spiro atoms. The molecular weight excluding hydrogens is 206 g/mol. The zero-order chi connectivity index (χ0) is 11.8. The second-order valence-electron chi connectivity index (χ2n) is 3.65. The molecule has 0 aromatic carbocycles. The molecule has 1 aromatic rings. The van der Waals surface area contributed by atoms with Crippen LogP contribution in [0.15, 0.2) is 23.1 Å². The van der Waals surface area contributed by atoms with Crippen LogP contribution in [0.25, 0.3) is 0 Å². The van der Waals surface area contributed by atoms with Crippen LogP contribution in [0, 0.1) is 0 Å². The van der Waals surface area contributed by atoms with Gasteiger partial charge < -0.3 is 14.4 Å². The third-order valence-corrected chi connectivity index (χ3v) is 2.30. The third kappa shape index (κ3) is 3.70. The Morgan fingerprint density at radius 1 is 1.44 bits per heavy atom. The molecule has 0 fully saturated rings. The Balaban J connectivity index is 2.66. The molecule has 0 aliphatic carbocycles. The Kier molecular flexibility index (Phi) is 5.64. The fourth-order valence-electron chi connectivity index (χ4n) is 1.37. The number of aliphatic hydroxyl groups is 1. The molecule has 1 heterocycles. The lowest BCUT2D eigenvalue weighted by molar-refractivity contribution is 0.276. The summed E-state index contributed by atoms with van der Waals surface area (Å²) in [4.78, 5) is 11.8. The maximum absolute atomic E-state index is 11.8. The summed E-state index contributed by atoms with van der Waals surface area (Å²) in [6.45, 7) is 3.28. The van der Waals surface area contributed by atoms with Gasteiger partial charge in [-0.1, -0.05) is 13.3 Å². The predicted molar refractivity (Wildman–Crippen MR) is 62.8 cm³/mol. The molecule has 0 bridgehead atoms. The molecule has 0 unspecified atom stereocenters. The number of aromatic nitrogens is 1. The average Bonchev–Trinajstić information content (AvgIpc) is 2.30. The van der Waals surface area contributed by atoms with E-state index in [-0.39, 0.29) is 12.2 Å². The van der Waals surface area contributed by atoms with E-state index < -0.39 is 0 Å². The van der Waals surface area contributed by atoms with E-state index in [2.05, 4.69) is 6.92 Å². The van der Waals surface area contributed by atoms with Gasteiger partial charge in [-0.15, -0.1) is 0 Å². The molecule has 0 aliphatic rings. The molecule has 4 nitrogen and oxygen atoms in total. The molecule has 90 valence electrons. The lowest BCUT2D eigenvalue weighted by Crippen LogP contribution is -2.22. The van der Waals surface area contributed by atoms with Gasteiger partial charge in [0, 0.05) is 19.3 Å². The van der Waals surface area contributed by atoms with Crippen molar-refractivity contribution < 1.29 is 9.84 Å². The highest BCUT2D eigenvalue weighted by Gasteiger charge is 2.03. The van der Waals surface area contributed by atoms with Gasteiger partial charge in [-0.05, 0) is 25.0 Å². The highest BCUT2D eigenvalue weighted by atomic mass is 16.5. The minimum absolute atomic E-state index is 0.0906. The zero-order valence-electron chi connectivity index (χ0n) is 9.69. The number of rotatable bonds is 7. The first kappa shape index (κ1) is 12.8. The van der Waals surface area contributed by atoms with Gasteiger partial charge in [0.1, 0.15) is 0 Å². The van der Waals surface area contributed by atoms with Gasteiger partial charge in [-0.2, -0.15) is 0 Å². The molecule has 1 N–H and O–H groups in total. The van der Waals surface area contributed by atoms with E-state index in [9.17, 15) is 4.79 Å². The van der Waals surface area contributed by atoms with Gasteiger partial charge in [-0.25, -0.2) is 0 Å². The van der Waals surface area contributed by atoms with Crippen LogP contribution in [0.1, 0.15) is 26.2 Å². The second-order valence-corrected chi connectivity index (χ2v) is 3.65. The summed E-state index contributed by atoms with van der Waals surface area (Å²) in [5, 5.41) is 8.71. The minimum atomic E-state index is -0.118. The Hall–Kier alpha value is -1.29. The van der Waals surface area contributed by atoms with Crippen molar-refractivity contribution in [3.63, 3.8) is 0 Å². The van der Waals surface area contributed by atoms with Gasteiger partial charge in [0.05, 0.1) is 6.61 Å². The van der Waals surface area contributed by atoms with Crippen LogP contribution in [0.2, 0.25) is 0 Å². The van der Waals surface area contributed by atoms with Crippen LogP contribution >= 0.6 is 0 Å². The summed E-state index contributed by atoms with van der Waals surface area (Å²) in [6, 6.07) is 3.48. The molecule has 0 saturated carbocycles. The number of hydrogen-bond acceptors (Lipinski definition) is 3. The number of unbranched alkanes of at least 4 members (excludes halogenated alkanes) is 1. The average molecular weight is 225 g/mol. The van der Waals surface area contributed by atoms with Crippen LogP contribution in [0.3, 0.4) is 0 Å². The second kappa shape index (κ2) is 7.06. The molecule has 1 aromatic heterocycles. The van der Waals surface area contributed by atoms with Gasteiger partial charge >= 0.3 is 0 Å². The van der Waals surface area contributed by atoms with Gasteiger partial charge in [-0.3, -0.25) is 4.79 Å². The van der Waals surface area contributed by atoms with E-state index in [1.54, 1.807) is 22.9 Å². The Morgan fingerprint density at radius 2 is 2.25 bits per heavy atom. The van der Waals surface area contributed by atoms with E-state index in [1.165, 1.54) is 0 Å². The van der Waals surface area contributed by atoms with Crippen molar-refractivity contribution in [3.8, 4) is 5.75 Å². The molecule has 0 atom stereocenters. The van der Waals surface area contributed by atoms with Crippen molar-refractivity contribution in [3.05, 3.63) is 28.7 Å². The van der Waals surface area contributed by atoms with Crippen LogP contribution < -0.4 is 10.3 Å². The Morgan fingerprint density at radius 3 is 2.94 bits per heavy atom. The Bertz CT molecular complexity index is 360. The third-order valence-electron chi connectivity index (χ3n) is 2.30. The quantitative estimate of drug-likeness (QED) is 0.714. The first-order chi connectivity index (χ1) is 7.79. The summed E-state index contributed by atoms with van der Waals surface area (Å²) >= 11 is 0. The SMILES string of the molecule is CCCCOc1cccn(CCCO)c1=O. The highest BCUT2D eigenvalue weighted by Crippen LogP contribution is 2.03. The predicted octanol–water partition coefficient (Wildman–Crippen LogP) is 1.41. The summed E-state index contributed by atoms with van der Waals surface area (Å²) in [7, 11) is 0. The maximum Gasteiger partial charge on any atom is 0.292 e. The number of aliphatic hydroxyl groups excluding tert-OH is 1. The van der Waals surface area contributed by atoms with Crippen LogP contribution in [0.5, 0.6) is 5.75 Å². The van der Waals surface area contributed by atoms with Crippen LogP contribution in [-0.4, -0.2) is 22.9 Å². The molecule has 0 aliphatic heterocycles. The Labute approximate surface area is 95.5 Å². The number of pyridine rings is 1. The largest absolute Gasteiger partial charge is 0.488 e. The van der Waals surface area contributed by atoms with Crippen LogP contribution in [-0.2, 0) is 6.54 Å². The van der Waals surface area contributed by atoms with Crippen molar-refractivity contribution in [2.45, 2.75) is 32.7 Å². The summed E-state index contributed by atoms with van der Waals surface area (Å²) in [5.74, 6) is 0.397. The smallest absolute Gasteiger partial charge is 0.292 e. The lowest BCUT2D eigenvalue weighted by Gasteiger charge is -2.08. The monoisotopic (exact) mass is 225 g/mol. The normalized spacial score (nSPS) is 10.4. The number of aryl methyl sites for hydroxylation is 1. The summed E-state index contributed by atoms with van der Waals surface area (Å²) in [5.41, 5.74) is -0.118. The van der Waals surface area contributed by atoms with Gasteiger partial charge in [0.25, 0.3) is 5.56 Å². The number of hydrogen-bond donors (Lipinski definition) is 1. The highest BCUT2D eigenvalue weighted by molar-refractivity contribution is 5.17. The molecule has 0 amide bonds. The van der Waals surface area contributed by atoms with Crippen molar-refractivity contribution in [1.29, 1.82) is 0 Å². The molecule has 0 saturated heterocycles. The fraction of sp³-hybridized carbons (Fsp3) is 0.583. The lowest BCUT2D eigenvalue weighted by atomic mass is 10.3. The first-order valence-electron chi connectivity index (χ1n) is 5.72. The maximum atomic E-state index is 11.8. The zero-order valence-corrected chi connectivity index (χ0v) is 9.69. The van der Waals surface area contributed by atoms with E-state index in [1.807, 2.05) is 0 Å². The molecule has 0 radical (unpaired) electrons. The van der Waals surface area contributed by atoms with E-state index in [4.69, 9.17) is 9.84 Å². The van der Waals surface area contributed by atoms with Crippen LogP contribution in [0.4, 0.5) is 0 Å². The van der Waals surface area contributed by atoms with Gasteiger partial charge in [0.15, 0.2) is 5.75 Å². The first-order valence-corrected chi connectivity index (χ1v) is 5.72. The van der Waals surface area contributed by atoms with Gasteiger partial charge in [0.2, 0.25) is 0 Å². The van der Waals surface area contributed by atoms with E-state index in [0.29, 0.717) is 25.3 Å². The van der Waals surface area contributed by atoms with Crippen molar-refractivity contribution >= 4 is 0 Å². The summed E-state index contributed by atoms with van der Waals surface area (Å²) in [6.07, 6.45) is 4.29. The number of ether oxygens (including phenoxy) is 1. The van der Waals surface area contributed by atoms with E-state index >= 15 is 0 Å². The van der Waals surface area contributed by atoms with Crippen molar-refractivity contribution in [1.82, 2.24) is 4.57 Å². The fourth-order valence-corrected chi connectivity index (χ4v) is 1.37. The molecule has 1 rings (SSSR count).